The molecule has 0 spiro atoms. The van der Waals surface area contributed by atoms with Gasteiger partial charge in [0.1, 0.15) is 12.3 Å². The summed E-state index contributed by atoms with van der Waals surface area (Å²) < 4.78 is 35.7. The Balaban J connectivity index is 1.39. The summed E-state index contributed by atoms with van der Waals surface area (Å²) in [5, 5.41) is 7.35. The van der Waals surface area contributed by atoms with Gasteiger partial charge in [-0.05, 0) is 78.4 Å². The standard InChI is InChI=1S/C33H34F2N6O4/c34-27-15-10-16-28(35)30(27)40-33(44)41(37-36-40)32(43)39(24-13-6-2-7-14-24)25-17-18-29(38-19-8-3-9-20-38)26(21-25)31(42)45-22-23-11-4-1-5-12-23/h1,4-5,10-12,15-18,21,24H,2-3,6-9,13-14,19-20,22H2. The fourth-order valence-corrected chi connectivity index (χ4v) is 6.17. The molecule has 2 heterocycles. The zero-order valence-corrected chi connectivity index (χ0v) is 24.8. The first-order valence-corrected chi connectivity index (χ1v) is 15.4. The number of aromatic nitrogens is 4. The topological polar surface area (TPSA) is 103 Å². The van der Waals surface area contributed by atoms with Gasteiger partial charge in [0, 0.05) is 24.8 Å². The van der Waals surface area contributed by atoms with E-state index in [0.29, 0.717) is 39.1 Å². The Kier molecular flexibility index (Phi) is 8.99. The van der Waals surface area contributed by atoms with Crippen molar-refractivity contribution in [3.63, 3.8) is 0 Å². The van der Waals surface area contributed by atoms with Crippen molar-refractivity contribution in [2.45, 2.75) is 64.0 Å². The molecule has 6 rings (SSSR count). The molecule has 0 atom stereocenters. The molecule has 12 heteroatoms. The number of amides is 1. The lowest BCUT2D eigenvalue weighted by Gasteiger charge is -2.35. The molecule has 0 unspecified atom stereocenters. The van der Waals surface area contributed by atoms with Gasteiger partial charge in [-0.2, -0.15) is 4.68 Å². The van der Waals surface area contributed by atoms with E-state index in [1.807, 2.05) is 36.4 Å². The van der Waals surface area contributed by atoms with Crippen LogP contribution in [0.4, 0.5) is 25.0 Å². The van der Waals surface area contributed by atoms with Crippen LogP contribution in [0.5, 0.6) is 0 Å². The second-order valence-electron chi connectivity index (χ2n) is 11.4. The number of rotatable bonds is 7. The number of esters is 1. The van der Waals surface area contributed by atoms with E-state index < -0.39 is 35.0 Å². The minimum Gasteiger partial charge on any atom is -0.457 e. The fourth-order valence-electron chi connectivity index (χ4n) is 6.17. The van der Waals surface area contributed by atoms with Crippen molar-refractivity contribution < 1.29 is 23.1 Å². The molecule has 10 nitrogen and oxygen atoms in total. The first-order valence-electron chi connectivity index (χ1n) is 15.4. The van der Waals surface area contributed by atoms with Gasteiger partial charge in [0.25, 0.3) is 0 Å². The molecule has 1 aliphatic heterocycles. The third-order valence-electron chi connectivity index (χ3n) is 8.45. The van der Waals surface area contributed by atoms with E-state index >= 15 is 0 Å². The van der Waals surface area contributed by atoms with Crippen LogP contribution in [0.25, 0.3) is 5.69 Å². The SMILES string of the molecule is O=C(OCc1ccccc1)c1cc(N(C(=O)n2nnn(-c3c(F)cccc3F)c2=O)C2CCCCC2)ccc1N1CCCCC1. The van der Waals surface area contributed by atoms with Crippen LogP contribution in [0.2, 0.25) is 0 Å². The first kappa shape index (κ1) is 30.2. The average Bonchev–Trinajstić information content (AvgIpc) is 3.45. The summed E-state index contributed by atoms with van der Waals surface area (Å²) in [5.74, 6) is -2.57. The maximum atomic E-state index is 14.5. The fraction of sp³-hybridized carbons (Fsp3) is 0.364. The van der Waals surface area contributed by atoms with E-state index in [4.69, 9.17) is 4.74 Å². The summed E-state index contributed by atoms with van der Waals surface area (Å²) in [5.41, 5.74) is 0.415. The minimum atomic E-state index is -1.11. The number of halogens is 2. The number of carbonyl (C=O) groups excluding carboxylic acids is 2. The van der Waals surface area contributed by atoms with Crippen molar-refractivity contribution in [2.75, 3.05) is 22.9 Å². The zero-order chi connectivity index (χ0) is 31.3. The molecule has 1 saturated heterocycles. The second kappa shape index (κ2) is 13.4. The third-order valence-corrected chi connectivity index (χ3v) is 8.45. The highest BCUT2D eigenvalue weighted by Crippen LogP contribution is 2.33. The van der Waals surface area contributed by atoms with E-state index in [1.165, 1.54) is 4.90 Å². The summed E-state index contributed by atoms with van der Waals surface area (Å²) in [7, 11) is 0. The normalized spacial score (nSPS) is 15.6. The maximum Gasteiger partial charge on any atom is 0.377 e. The van der Waals surface area contributed by atoms with Crippen LogP contribution in [0, 0.1) is 11.6 Å². The molecular weight excluding hydrogens is 582 g/mol. The van der Waals surface area contributed by atoms with E-state index in [9.17, 15) is 23.2 Å². The van der Waals surface area contributed by atoms with Crippen LogP contribution in [-0.4, -0.2) is 50.9 Å². The molecule has 1 aromatic heterocycles. The van der Waals surface area contributed by atoms with Gasteiger partial charge in [0.05, 0.1) is 11.3 Å². The highest BCUT2D eigenvalue weighted by Gasteiger charge is 2.33. The quantitative estimate of drug-likeness (QED) is 0.189. The van der Waals surface area contributed by atoms with Crippen molar-refractivity contribution >= 4 is 23.4 Å². The number of benzene rings is 3. The summed E-state index contributed by atoms with van der Waals surface area (Å²) in [4.78, 5) is 44.7. The van der Waals surface area contributed by atoms with Gasteiger partial charge >= 0.3 is 17.7 Å². The van der Waals surface area contributed by atoms with E-state index in [-0.39, 0.29) is 12.6 Å². The van der Waals surface area contributed by atoms with Crippen LogP contribution < -0.4 is 15.5 Å². The van der Waals surface area contributed by atoms with Crippen LogP contribution >= 0.6 is 0 Å². The van der Waals surface area contributed by atoms with E-state index in [0.717, 1.165) is 75.4 Å². The molecule has 0 radical (unpaired) electrons. The van der Waals surface area contributed by atoms with Gasteiger partial charge in [0.2, 0.25) is 0 Å². The van der Waals surface area contributed by atoms with Crippen molar-refractivity contribution in [1.82, 2.24) is 19.8 Å². The monoisotopic (exact) mass is 616 g/mol. The lowest BCUT2D eigenvalue weighted by atomic mass is 9.93. The number of piperidine rings is 1. The lowest BCUT2D eigenvalue weighted by molar-refractivity contribution is 0.0473. The Morgan fingerprint density at radius 3 is 2.24 bits per heavy atom. The van der Waals surface area contributed by atoms with E-state index in [2.05, 4.69) is 15.3 Å². The lowest BCUT2D eigenvalue weighted by Crippen LogP contribution is -2.47. The highest BCUT2D eigenvalue weighted by atomic mass is 19.1. The molecule has 45 heavy (non-hydrogen) atoms. The predicted molar refractivity (Wildman–Crippen MR) is 164 cm³/mol. The number of ether oxygens (including phenoxy) is 1. The van der Waals surface area contributed by atoms with Crippen LogP contribution in [0.3, 0.4) is 0 Å². The second-order valence-corrected chi connectivity index (χ2v) is 11.4. The summed E-state index contributed by atoms with van der Waals surface area (Å²) in [6, 6.07) is 16.6. The van der Waals surface area contributed by atoms with Crippen molar-refractivity contribution in [1.29, 1.82) is 0 Å². The maximum absolute atomic E-state index is 14.5. The number of hydrogen-bond acceptors (Lipinski definition) is 7. The zero-order valence-electron chi connectivity index (χ0n) is 24.8. The third kappa shape index (κ3) is 6.36. The average molecular weight is 617 g/mol. The Hall–Kier alpha value is -4.87. The van der Waals surface area contributed by atoms with Crippen LogP contribution in [0.15, 0.2) is 71.5 Å². The summed E-state index contributed by atoms with van der Waals surface area (Å²) >= 11 is 0. The molecule has 2 fully saturated rings. The van der Waals surface area contributed by atoms with Crippen molar-refractivity contribution in [3.05, 3.63) is 100.0 Å². The largest absolute Gasteiger partial charge is 0.457 e. The Morgan fingerprint density at radius 2 is 1.53 bits per heavy atom. The van der Waals surface area contributed by atoms with Crippen molar-refractivity contribution in [2.24, 2.45) is 0 Å². The predicted octanol–water partition coefficient (Wildman–Crippen LogP) is 5.86. The van der Waals surface area contributed by atoms with Gasteiger partial charge in [0.15, 0.2) is 11.6 Å². The molecule has 234 valence electrons. The molecule has 1 aliphatic carbocycles. The molecule has 4 aromatic rings. The molecule has 1 saturated carbocycles. The first-order chi connectivity index (χ1) is 21.9. The van der Waals surface area contributed by atoms with Gasteiger partial charge < -0.3 is 9.64 Å². The van der Waals surface area contributed by atoms with E-state index in [1.54, 1.807) is 12.1 Å². The van der Waals surface area contributed by atoms with Gasteiger partial charge in [-0.3, -0.25) is 4.90 Å². The Labute approximate surface area is 258 Å². The number of carbonyl (C=O) groups is 2. The van der Waals surface area contributed by atoms with Gasteiger partial charge in [-0.25, -0.2) is 23.2 Å². The van der Waals surface area contributed by atoms with Crippen LogP contribution in [-0.2, 0) is 11.3 Å². The minimum absolute atomic E-state index is 0.0831. The molecular formula is C33H34F2N6O4. The number of anilines is 2. The molecule has 1 amide bonds. The van der Waals surface area contributed by atoms with Crippen LogP contribution in [0.1, 0.15) is 67.3 Å². The molecule has 0 N–H and O–H groups in total. The molecule has 2 aliphatic rings. The number of para-hydroxylation sites is 1. The number of hydrogen-bond donors (Lipinski definition) is 0. The number of tetrazole rings is 1. The summed E-state index contributed by atoms with van der Waals surface area (Å²) in [6.45, 7) is 1.66. The Bertz CT molecular complexity index is 1710. The summed E-state index contributed by atoms with van der Waals surface area (Å²) in [6.07, 6.45) is 7.17. The van der Waals surface area contributed by atoms with Gasteiger partial charge in [-0.15, -0.1) is 4.68 Å². The highest BCUT2D eigenvalue weighted by molar-refractivity contribution is 6.00. The number of nitrogens with zero attached hydrogens (tertiary/aromatic N) is 6. The van der Waals surface area contributed by atoms with Crippen molar-refractivity contribution in [3.8, 4) is 5.69 Å². The Morgan fingerprint density at radius 1 is 0.844 bits per heavy atom. The smallest absolute Gasteiger partial charge is 0.377 e. The van der Waals surface area contributed by atoms with Gasteiger partial charge in [-0.1, -0.05) is 55.7 Å². The molecule has 3 aromatic carbocycles. The molecule has 0 bridgehead atoms.